The average molecular weight is 613 g/mol. The lowest BCUT2D eigenvalue weighted by atomic mass is 10.0. The number of amides is 1. The van der Waals surface area contributed by atoms with E-state index in [1.807, 2.05) is 0 Å². The Bertz CT molecular complexity index is 1280. The predicted octanol–water partition coefficient (Wildman–Crippen LogP) is 3.56. The zero-order chi connectivity index (χ0) is 31.5. The van der Waals surface area contributed by atoms with Crippen LogP contribution in [0.15, 0.2) is 36.4 Å². The number of anilines is 2. The van der Waals surface area contributed by atoms with Crippen LogP contribution >= 0.6 is 23.2 Å². The topological polar surface area (TPSA) is 203 Å². The fourth-order valence-electron chi connectivity index (χ4n) is 3.20. The molecule has 0 aromatic heterocycles. The number of nitrogens with one attached hydrogen (secondary N) is 1. The van der Waals surface area contributed by atoms with Gasteiger partial charge in [-0.3, -0.25) is 14.4 Å². The van der Waals surface area contributed by atoms with Crippen molar-refractivity contribution >= 4 is 64.2 Å². The number of hydrogen-bond donors (Lipinski definition) is 4. The molecule has 7 N–H and O–H groups in total. The smallest absolute Gasteiger partial charge is 0.408 e. The van der Waals surface area contributed by atoms with Crippen molar-refractivity contribution in [1.29, 1.82) is 0 Å². The Morgan fingerprint density at radius 1 is 0.805 bits per heavy atom. The van der Waals surface area contributed by atoms with Gasteiger partial charge in [0.05, 0.1) is 14.2 Å². The van der Waals surface area contributed by atoms with Crippen LogP contribution < -0.4 is 22.5 Å². The maximum Gasteiger partial charge on any atom is 0.408 e. The summed E-state index contributed by atoms with van der Waals surface area (Å²) in [6, 6.07) is 6.76. The van der Waals surface area contributed by atoms with E-state index in [2.05, 4.69) is 14.8 Å². The molecule has 2 rings (SSSR count). The number of methoxy groups -OCH3 is 2. The fraction of sp³-hybridized carbons (Fsp3) is 0.370. The minimum absolute atomic E-state index is 0.154. The van der Waals surface area contributed by atoms with Gasteiger partial charge >= 0.3 is 18.0 Å². The summed E-state index contributed by atoms with van der Waals surface area (Å²) in [7, 11) is 2.37. The molecule has 224 valence electrons. The Hall–Kier alpha value is -3.87. The van der Waals surface area contributed by atoms with Crippen molar-refractivity contribution in [1.82, 2.24) is 5.32 Å². The zero-order valence-electron chi connectivity index (χ0n) is 23.3. The Morgan fingerprint density at radius 2 is 1.24 bits per heavy atom. The SMILES string of the molecule is COC(=O)[C@@H](N)CC(=O)c1ccc(Cl)cc1N.COC(=O)[C@H](CC(=O)c1ccc(Cl)cc1N)NC(=O)OC(C)(C)C. The van der Waals surface area contributed by atoms with Crippen LogP contribution in [0.3, 0.4) is 0 Å². The summed E-state index contributed by atoms with van der Waals surface area (Å²) in [5.74, 6) is -2.15. The van der Waals surface area contributed by atoms with Crippen LogP contribution in [0, 0.1) is 0 Å². The summed E-state index contributed by atoms with van der Waals surface area (Å²) >= 11 is 11.5. The van der Waals surface area contributed by atoms with E-state index in [9.17, 15) is 24.0 Å². The van der Waals surface area contributed by atoms with Crippen molar-refractivity contribution < 1.29 is 38.2 Å². The number of rotatable bonds is 9. The van der Waals surface area contributed by atoms with Crippen LogP contribution in [0.5, 0.6) is 0 Å². The van der Waals surface area contributed by atoms with Gasteiger partial charge in [0.2, 0.25) is 0 Å². The van der Waals surface area contributed by atoms with Gasteiger partial charge in [0.1, 0.15) is 17.7 Å². The molecule has 14 heteroatoms. The first-order valence-electron chi connectivity index (χ1n) is 12.1. The van der Waals surface area contributed by atoms with E-state index in [0.29, 0.717) is 15.6 Å². The molecule has 1 amide bonds. The highest BCUT2D eigenvalue weighted by atomic mass is 35.5. The lowest BCUT2D eigenvalue weighted by molar-refractivity contribution is -0.143. The van der Waals surface area contributed by atoms with E-state index < -0.39 is 41.5 Å². The van der Waals surface area contributed by atoms with E-state index >= 15 is 0 Å². The second kappa shape index (κ2) is 15.8. The lowest BCUT2D eigenvalue weighted by Crippen LogP contribution is -2.45. The number of esters is 2. The van der Waals surface area contributed by atoms with Gasteiger partial charge in [-0.1, -0.05) is 23.2 Å². The largest absolute Gasteiger partial charge is 0.468 e. The zero-order valence-corrected chi connectivity index (χ0v) is 24.8. The van der Waals surface area contributed by atoms with Gasteiger partial charge in [0.15, 0.2) is 11.6 Å². The summed E-state index contributed by atoms with van der Waals surface area (Å²) < 4.78 is 14.1. The Morgan fingerprint density at radius 3 is 1.63 bits per heavy atom. The molecule has 2 aromatic rings. The van der Waals surface area contributed by atoms with Gasteiger partial charge < -0.3 is 36.7 Å². The summed E-state index contributed by atoms with van der Waals surface area (Å²) in [6.07, 6.45) is -1.30. The van der Waals surface area contributed by atoms with Crippen molar-refractivity contribution in [3.8, 4) is 0 Å². The van der Waals surface area contributed by atoms with Gasteiger partial charge in [-0.25, -0.2) is 9.59 Å². The molecule has 2 aromatic carbocycles. The molecule has 12 nitrogen and oxygen atoms in total. The summed E-state index contributed by atoms with van der Waals surface area (Å²) in [5.41, 5.74) is 17.1. The van der Waals surface area contributed by atoms with E-state index in [1.54, 1.807) is 26.8 Å². The third-order valence-electron chi connectivity index (χ3n) is 5.10. The summed E-state index contributed by atoms with van der Waals surface area (Å²) in [5, 5.41) is 3.16. The molecule has 41 heavy (non-hydrogen) atoms. The number of nitrogens with two attached hydrogens (primary N) is 3. The van der Waals surface area contributed by atoms with Crippen molar-refractivity contribution in [3.05, 3.63) is 57.6 Å². The Labute approximate surface area is 247 Å². The molecule has 0 unspecified atom stereocenters. The quantitative estimate of drug-likeness (QED) is 0.139. The van der Waals surface area contributed by atoms with E-state index in [4.69, 9.17) is 45.1 Å². The van der Waals surface area contributed by atoms with Crippen molar-refractivity contribution in [2.45, 2.75) is 51.3 Å². The molecule has 0 fully saturated rings. The monoisotopic (exact) mass is 612 g/mol. The molecule has 0 spiro atoms. The number of Topliss-reactive ketones (excluding diaryl/α,β-unsaturated/α-hetero) is 2. The first kappa shape index (κ1) is 35.2. The predicted molar refractivity (Wildman–Crippen MR) is 155 cm³/mol. The molecule has 0 aliphatic rings. The molecular weight excluding hydrogens is 579 g/mol. The average Bonchev–Trinajstić information content (AvgIpc) is 2.86. The van der Waals surface area contributed by atoms with Gasteiger partial charge in [0, 0.05) is 45.4 Å². The molecule has 0 heterocycles. The standard InChI is InChI=1S/C16H21ClN2O5.C11H13ClN2O3/c1-16(2,3)24-15(22)19-12(14(21)23-4)8-13(20)10-6-5-9(17)7-11(10)18;1-17-11(16)9(14)5-10(15)7-3-2-6(12)4-8(7)13/h5-7,12H,8,18H2,1-4H3,(H,19,22);2-4,9H,5,13-14H2,1H3/t12-;9-/m00/s1. The molecule has 0 aliphatic carbocycles. The van der Waals surface area contributed by atoms with Gasteiger partial charge in [-0.2, -0.15) is 0 Å². The normalized spacial score (nSPS) is 12.1. The van der Waals surface area contributed by atoms with Gasteiger partial charge in [-0.05, 0) is 57.2 Å². The maximum absolute atomic E-state index is 12.4. The van der Waals surface area contributed by atoms with Crippen LogP contribution in [0.2, 0.25) is 10.0 Å². The van der Waals surface area contributed by atoms with Crippen LogP contribution in [0.1, 0.15) is 54.3 Å². The van der Waals surface area contributed by atoms with Crippen LogP contribution in [0.25, 0.3) is 0 Å². The number of alkyl carbamates (subject to hydrolysis) is 1. The number of halogens is 2. The minimum Gasteiger partial charge on any atom is -0.468 e. The van der Waals surface area contributed by atoms with Crippen molar-refractivity contribution in [2.75, 3.05) is 25.7 Å². The molecular formula is C27H34Cl2N4O8. The fourth-order valence-corrected chi connectivity index (χ4v) is 3.56. The van der Waals surface area contributed by atoms with Crippen LogP contribution in [-0.4, -0.2) is 61.5 Å². The molecule has 0 saturated heterocycles. The first-order valence-corrected chi connectivity index (χ1v) is 12.8. The number of ether oxygens (including phenoxy) is 3. The van der Waals surface area contributed by atoms with E-state index in [-0.39, 0.29) is 35.6 Å². The Kier molecular flexibility index (Phi) is 13.5. The third-order valence-corrected chi connectivity index (χ3v) is 5.57. The maximum atomic E-state index is 12.4. The number of benzene rings is 2. The van der Waals surface area contributed by atoms with Gasteiger partial charge in [0.25, 0.3) is 0 Å². The van der Waals surface area contributed by atoms with Gasteiger partial charge in [-0.15, -0.1) is 0 Å². The second-order valence-corrected chi connectivity index (χ2v) is 10.4. The van der Waals surface area contributed by atoms with Crippen LogP contribution in [0.4, 0.5) is 16.2 Å². The summed E-state index contributed by atoms with van der Waals surface area (Å²) in [6.45, 7) is 5.04. The van der Waals surface area contributed by atoms with Crippen molar-refractivity contribution in [3.63, 3.8) is 0 Å². The molecule has 0 saturated carbocycles. The molecule has 0 aliphatic heterocycles. The number of ketones is 2. The highest BCUT2D eigenvalue weighted by Gasteiger charge is 2.28. The highest BCUT2D eigenvalue weighted by Crippen LogP contribution is 2.21. The minimum atomic E-state index is -1.19. The van der Waals surface area contributed by atoms with Crippen molar-refractivity contribution in [2.24, 2.45) is 5.73 Å². The van der Waals surface area contributed by atoms with E-state index in [0.717, 1.165) is 7.11 Å². The molecule has 0 radical (unpaired) electrons. The number of hydrogen-bond acceptors (Lipinski definition) is 11. The number of carbonyl (C=O) groups is 5. The van der Waals surface area contributed by atoms with Crippen LogP contribution in [-0.2, 0) is 23.8 Å². The third kappa shape index (κ3) is 12.0. The first-order chi connectivity index (χ1) is 19.0. The number of carbonyl (C=O) groups excluding carboxylic acids is 5. The highest BCUT2D eigenvalue weighted by molar-refractivity contribution is 6.31. The Balaban J connectivity index is 0.000000435. The molecule has 0 bridgehead atoms. The molecule has 2 atom stereocenters. The number of nitrogen functional groups attached to an aromatic ring is 2. The summed E-state index contributed by atoms with van der Waals surface area (Å²) in [4.78, 5) is 58.9. The van der Waals surface area contributed by atoms with E-state index in [1.165, 1.54) is 37.4 Å². The second-order valence-electron chi connectivity index (χ2n) is 9.57. The lowest BCUT2D eigenvalue weighted by Gasteiger charge is -2.22.